The number of carbonyl (C=O) groups excluding carboxylic acids is 2. The van der Waals surface area contributed by atoms with Crippen molar-refractivity contribution in [2.45, 2.75) is 13.8 Å². The summed E-state index contributed by atoms with van der Waals surface area (Å²) in [6.07, 6.45) is 0. The first-order valence-electron chi connectivity index (χ1n) is 9.62. The summed E-state index contributed by atoms with van der Waals surface area (Å²) in [6.45, 7) is 3.92. The van der Waals surface area contributed by atoms with Crippen LogP contribution < -0.4 is 0 Å². The molecule has 1 aliphatic rings. The molecule has 10 nitrogen and oxygen atoms in total. The summed E-state index contributed by atoms with van der Waals surface area (Å²) in [5.74, 6) is -1.20. The van der Waals surface area contributed by atoms with Crippen LogP contribution in [0.1, 0.15) is 25.0 Å². The van der Waals surface area contributed by atoms with E-state index in [9.17, 15) is 29.8 Å². The summed E-state index contributed by atoms with van der Waals surface area (Å²) in [5, 5.41) is 22.2. The molecule has 1 aliphatic heterocycles. The minimum atomic E-state index is -0.598. The topological polar surface area (TPSA) is 127 Å². The van der Waals surface area contributed by atoms with Crippen molar-refractivity contribution in [1.29, 1.82) is 0 Å². The fourth-order valence-electron chi connectivity index (χ4n) is 3.41. The van der Waals surface area contributed by atoms with Gasteiger partial charge in [-0.3, -0.25) is 39.6 Å². The van der Waals surface area contributed by atoms with E-state index in [0.717, 1.165) is 0 Å². The van der Waals surface area contributed by atoms with Gasteiger partial charge in [0.25, 0.3) is 23.2 Å². The molecule has 2 amide bonds. The molecule has 0 atom stereocenters. The van der Waals surface area contributed by atoms with E-state index in [1.54, 1.807) is 13.8 Å². The Labute approximate surface area is 188 Å². The summed E-state index contributed by atoms with van der Waals surface area (Å²) in [6, 6.07) is 10.8. The lowest BCUT2D eigenvalue weighted by Gasteiger charge is -2.36. The summed E-state index contributed by atoms with van der Waals surface area (Å²) >= 11 is 5.30. The predicted octanol–water partition coefficient (Wildman–Crippen LogP) is 3.30. The molecule has 0 spiro atoms. The molecule has 1 saturated heterocycles. The van der Waals surface area contributed by atoms with Crippen molar-refractivity contribution in [3.63, 3.8) is 0 Å². The second kappa shape index (κ2) is 9.02. The van der Waals surface area contributed by atoms with Gasteiger partial charge >= 0.3 is 0 Å². The van der Waals surface area contributed by atoms with Gasteiger partial charge < -0.3 is 0 Å². The maximum atomic E-state index is 13.3. The molecular weight excluding hydrogens is 436 g/mol. The van der Waals surface area contributed by atoms with Crippen LogP contribution >= 0.6 is 12.2 Å². The Balaban J connectivity index is 2.31. The van der Waals surface area contributed by atoms with Crippen LogP contribution in [-0.2, 0) is 9.59 Å². The van der Waals surface area contributed by atoms with Crippen LogP contribution in [0.3, 0.4) is 0 Å². The number of carbonyl (C=O) groups is 2. The van der Waals surface area contributed by atoms with E-state index in [2.05, 4.69) is 0 Å². The van der Waals surface area contributed by atoms with Crippen molar-refractivity contribution in [3.8, 4) is 0 Å². The molecule has 2 aromatic rings. The second-order valence-electron chi connectivity index (χ2n) is 6.74. The van der Waals surface area contributed by atoms with Crippen molar-refractivity contribution in [3.05, 3.63) is 85.5 Å². The van der Waals surface area contributed by atoms with E-state index in [-0.39, 0.29) is 40.7 Å². The molecule has 0 aromatic heterocycles. The molecule has 2 aromatic carbocycles. The minimum absolute atomic E-state index is 0.0977. The lowest BCUT2D eigenvalue weighted by molar-refractivity contribution is -0.385. The van der Waals surface area contributed by atoms with Gasteiger partial charge in [0.1, 0.15) is 5.57 Å². The smallest absolute Gasteiger partial charge is 0.269 e. The fraction of sp³-hybridized carbons (Fsp3) is 0.190. The van der Waals surface area contributed by atoms with Gasteiger partial charge in [0.15, 0.2) is 5.11 Å². The Morgan fingerprint density at radius 3 is 1.41 bits per heavy atom. The summed E-state index contributed by atoms with van der Waals surface area (Å²) in [5.41, 5.74) is 0.487. The van der Waals surface area contributed by atoms with Gasteiger partial charge in [0, 0.05) is 42.9 Å². The molecule has 1 heterocycles. The van der Waals surface area contributed by atoms with Crippen molar-refractivity contribution < 1.29 is 19.4 Å². The van der Waals surface area contributed by atoms with Gasteiger partial charge in [-0.15, -0.1) is 0 Å². The number of likely N-dealkylation sites (N-methyl/N-ethyl adjacent to an activating group) is 2. The number of non-ortho nitro benzene ring substituents is 2. The Morgan fingerprint density at radius 2 is 1.12 bits per heavy atom. The molecule has 0 unspecified atom stereocenters. The molecule has 0 aliphatic carbocycles. The summed E-state index contributed by atoms with van der Waals surface area (Å²) in [4.78, 5) is 50.2. The maximum absolute atomic E-state index is 13.3. The Morgan fingerprint density at radius 1 is 0.781 bits per heavy atom. The first-order valence-corrected chi connectivity index (χ1v) is 10.0. The minimum Gasteiger partial charge on any atom is -0.285 e. The Bertz CT molecular complexity index is 1070. The molecule has 0 saturated carbocycles. The number of thiocarbonyl (C=S) groups is 1. The quantitative estimate of drug-likeness (QED) is 0.215. The number of amides is 2. The zero-order valence-electron chi connectivity index (χ0n) is 17.2. The van der Waals surface area contributed by atoms with E-state index in [1.807, 2.05) is 0 Å². The standard InChI is InChI=1S/C21H18N4O6S/c1-3-22-19(26)18(20(27)23(4-2)21(22)32)17(13-5-9-15(10-6-13)24(28)29)14-7-11-16(12-8-14)25(30)31/h5-12H,3-4H2,1-2H3. The van der Waals surface area contributed by atoms with Crippen molar-refractivity contribution in [2.24, 2.45) is 0 Å². The predicted molar refractivity (Wildman–Crippen MR) is 120 cm³/mol. The number of hydrogen-bond acceptors (Lipinski definition) is 7. The normalized spacial score (nSPS) is 14.1. The highest BCUT2D eigenvalue weighted by molar-refractivity contribution is 7.80. The van der Waals surface area contributed by atoms with Crippen molar-refractivity contribution >= 4 is 46.1 Å². The zero-order valence-corrected chi connectivity index (χ0v) is 18.0. The van der Waals surface area contributed by atoms with Crippen molar-refractivity contribution in [2.75, 3.05) is 13.1 Å². The third-order valence-corrected chi connectivity index (χ3v) is 5.44. The highest BCUT2D eigenvalue weighted by Gasteiger charge is 2.40. The first kappa shape index (κ1) is 22.7. The van der Waals surface area contributed by atoms with Crippen LogP contribution in [0.5, 0.6) is 0 Å². The van der Waals surface area contributed by atoms with E-state index in [4.69, 9.17) is 12.2 Å². The van der Waals surface area contributed by atoms with Crippen LogP contribution in [0, 0.1) is 20.2 Å². The monoisotopic (exact) mass is 454 g/mol. The van der Waals surface area contributed by atoms with E-state index in [0.29, 0.717) is 11.1 Å². The summed E-state index contributed by atoms with van der Waals surface area (Å²) < 4.78 is 0. The van der Waals surface area contributed by atoms with Gasteiger partial charge in [-0.25, -0.2) is 0 Å². The SMILES string of the molecule is CCN1C(=O)C(=C(c2ccc([N+](=O)[O-])cc2)c2ccc([N+](=O)[O-])cc2)C(=O)N(CC)C1=S. The lowest BCUT2D eigenvalue weighted by atomic mass is 9.90. The third kappa shape index (κ3) is 3.97. The second-order valence-corrected chi connectivity index (χ2v) is 7.10. The van der Waals surface area contributed by atoms with Crippen LogP contribution in [0.25, 0.3) is 5.57 Å². The van der Waals surface area contributed by atoms with Crippen LogP contribution in [0.2, 0.25) is 0 Å². The number of rotatable bonds is 6. The van der Waals surface area contributed by atoms with Crippen LogP contribution in [0.15, 0.2) is 54.1 Å². The highest BCUT2D eigenvalue weighted by Crippen LogP contribution is 2.33. The first-order chi connectivity index (χ1) is 15.2. The Hall–Kier alpha value is -3.99. The van der Waals surface area contributed by atoms with Gasteiger partial charge in [0.2, 0.25) is 0 Å². The molecule has 11 heteroatoms. The highest BCUT2D eigenvalue weighted by atomic mass is 32.1. The van der Waals surface area contributed by atoms with Gasteiger partial charge in [-0.1, -0.05) is 0 Å². The van der Waals surface area contributed by atoms with E-state index < -0.39 is 21.7 Å². The van der Waals surface area contributed by atoms with E-state index in [1.165, 1.54) is 58.3 Å². The Kier molecular flexibility index (Phi) is 6.40. The number of hydrogen-bond donors (Lipinski definition) is 0. The van der Waals surface area contributed by atoms with E-state index >= 15 is 0 Å². The van der Waals surface area contributed by atoms with Crippen LogP contribution in [-0.4, -0.2) is 49.7 Å². The van der Waals surface area contributed by atoms with Crippen LogP contribution in [0.4, 0.5) is 11.4 Å². The number of nitrogens with zero attached hydrogens (tertiary/aromatic N) is 4. The molecule has 164 valence electrons. The average Bonchev–Trinajstić information content (AvgIpc) is 2.77. The fourth-order valence-corrected chi connectivity index (χ4v) is 3.83. The molecular formula is C21H18N4O6S. The molecule has 0 bridgehead atoms. The van der Waals surface area contributed by atoms with Gasteiger partial charge in [-0.05, 0) is 61.5 Å². The third-order valence-electron chi connectivity index (χ3n) is 5.00. The van der Waals surface area contributed by atoms with Crippen molar-refractivity contribution in [1.82, 2.24) is 9.80 Å². The molecule has 32 heavy (non-hydrogen) atoms. The molecule has 3 rings (SSSR count). The number of nitro groups is 2. The summed E-state index contributed by atoms with van der Waals surface area (Å²) in [7, 11) is 0. The van der Waals surface area contributed by atoms with Gasteiger partial charge in [0.05, 0.1) is 9.85 Å². The largest absolute Gasteiger partial charge is 0.285 e. The molecule has 1 fully saturated rings. The molecule has 0 N–H and O–H groups in total. The number of benzene rings is 2. The average molecular weight is 454 g/mol. The van der Waals surface area contributed by atoms with Gasteiger partial charge in [-0.2, -0.15) is 0 Å². The number of nitro benzene ring substituents is 2. The zero-order chi connectivity index (χ0) is 23.6. The maximum Gasteiger partial charge on any atom is 0.269 e. The molecule has 0 radical (unpaired) electrons. The lowest BCUT2D eigenvalue weighted by Crippen LogP contribution is -2.56.